The number of aryl methyl sites for hydroxylation is 2. The molecule has 22 heavy (non-hydrogen) atoms. The molecular formula is C16H19FN4O. The van der Waals surface area contributed by atoms with Gasteiger partial charge in [-0.1, -0.05) is 0 Å². The first-order valence-corrected chi connectivity index (χ1v) is 7.37. The number of nitrogens with zero attached hydrogens (tertiary/aromatic N) is 3. The number of hydrogen-bond donors (Lipinski definition) is 1. The summed E-state index contributed by atoms with van der Waals surface area (Å²) in [5, 5.41) is 7.21. The van der Waals surface area contributed by atoms with Gasteiger partial charge in [-0.25, -0.2) is 4.39 Å². The Morgan fingerprint density at radius 2 is 1.77 bits per heavy atom. The number of amides is 1. The predicted molar refractivity (Wildman–Crippen MR) is 82.6 cm³/mol. The summed E-state index contributed by atoms with van der Waals surface area (Å²) in [5.41, 5.74) is 3.70. The van der Waals surface area contributed by atoms with Crippen LogP contribution in [0.3, 0.4) is 0 Å². The van der Waals surface area contributed by atoms with Gasteiger partial charge in [0.2, 0.25) is 0 Å². The molecule has 2 heterocycles. The molecule has 0 aliphatic carbocycles. The van der Waals surface area contributed by atoms with Gasteiger partial charge in [-0.2, -0.15) is 5.10 Å². The monoisotopic (exact) mass is 302 g/mol. The molecule has 1 saturated heterocycles. The Balaban J connectivity index is 1.67. The lowest BCUT2D eigenvalue weighted by molar-refractivity contribution is 0.0746. The fourth-order valence-electron chi connectivity index (χ4n) is 2.92. The lowest BCUT2D eigenvalue weighted by Gasteiger charge is -2.36. The third kappa shape index (κ3) is 2.68. The van der Waals surface area contributed by atoms with E-state index >= 15 is 0 Å². The molecule has 116 valence electrons. The summed E-state index contributed by atoms with van der Waals surface area (Å²) in [6, 6.07) is 5.71. The summed E-state index contributed by atoms with van der Waals surface area (Å²) in [6.45, 7) is 6.84. The van der Waals surface area contributed by atoms with Crippen LogP contribution in [-0.2, 0) is 0 Å². The molecule has 1 aromatic carbocycles. The van der Waals surface area contributed by atoms with Crippen molar-refractivity contribution in [1.82, 2.24) is 15.1 Å². The van der Waals surface area contributed by atoms with Crippen LogP contribution in [0.15, 0.2) is 24.3 Å². The highest BCUT2D eigenvalue weighted by Gasteiger charge is 2.24. The number of piperazine rings is 1. The van der Waals surface area contributed by atoms with E-state index in [0.29, 0.717) is 18.7 Å². The van der Waals surface area contributed by atoms with Gasteiger partial charge in [-0.05, 0) is 38.1 Å². The van der Waals surface area contributed by atoms with Gasteiger partial charge in [0.25, 0.3) is 5.91 Å². The average molecular weight is 302 g/mol. The molecule has 0 spiro atoms. The molecule has 0 radical (unpaired) electrons. The van der Waals surface area contributed by atoms with Crippen LogP contribution >= 0.6 is 0 Å². The van der Waals surface area contributed by atoms with Crippen molar-refractivity contribution in [2.24, 2.45) is 0 Å². The molecule has 0 atom stereocenters. The number of hydrogen-bond acceptors (Lipinski definition) is 3. The van der Waals surface area contributed by atoms with Crippen molar-refractivity contribution in [3.05, 3.63) is 47.0 Å². The van der Waals surface area contributed by atoms with Crippen molar-refractivity contribution in [3.8, 4) is 0 Å². The number of rotatable bonds is 2. The van der Waals surface area contributed by atoms with Gasteiger partial charge < -0.3 is 9.80 Å². The zero-order valence-electron chi connectivity index (χ0n) is 12.8. The van der Waals surface area contributed by atoms with Crippen LogP contribution in [0.25, 0.3) is 0 Å². The second kappa shape index (κ2) is 5.79. The molecule has 1 aliphatic heterocycles. The number of nitrogens with one attached hydrogen (secondary N) is 1. The maximum atomic E-state index is 12.9. The van der Waals surface area contributed by atoms with E-state index in [9.17, 15) is 9.18 Å². The lowest BCUT2D eigenvalue weighted by atomic mass is 10.1. The molecule has 6 heteroatoms. The van der Waals surface area contributed by atoms with E-state index in [1.54, 1.807) is 0 Å². The smallest absolute Gasteiger partial charge is 0.253 e. The number of aromatic amines is 1. The summed E-state index contributed by atoms with van der Waals surface area (Å²) >= 11 is 0. The van der Waals surface area contributed by atoms with Crippen molar-refractivity contribution in [1.29, 1.82) is 0 Å². The largest absolute Gasteiger partial charge is 0.365 e. The number of halogens is 1. The summed E-state index contributed by atoms with van der Waals surface area (Å²) in [7, 11) is 0. The first-order chi connectivity index (χ1) is 10.6. The van der Waals surface area contributed by atoms with Crippen molar-refractivity contribution < 1.29 is 9.18 Å². The molecule has 1 aliphatic rings. The van der Waals surface area contributed by atoms with Crippen molar-refractivity contribution in [2.45, 2.75) is 13.8 Å². The van der Waals surface area contributed by atoms with Gasteiger partial charge in [0.15, 0.2) is 0 Å². The topological polar surface area (TPSA) is 52.2 Å². The van der Waals surface area contributed by atoms with E-state index in [4.69, 9.17) is 0 Å². The quantitative estimate of drug-likeness (QED) is 0.924. The highest BCUT2D eigenvalue weighted by atomic mass is 19.1. The Morgan fingerprint density at radius 1 is 1.14 bits per heavy atom. The van der Waals surface area contributed by atoms with Crippen LogP contribution in [0.2, 0.25) is 0 Å². The van der Waals surface area contributed by atoms with Gasteiger partial charge in [0, 0.05) is 31.7 Å². The second-order valence-corrected chi connectivity index (χ2v) is 5.57. The van der Waals surface area contributed by atoms with Gasteiger partial charge in [-0.3, -0.25) is 9.89 Å². The molecule has 1 N–H and O–H groups in total. The molecular weight excluding hydrogens is 283 g/mol. The van der Waals surface area contributed by atoms with Crippen LogP contribution in [0.1, 0.15) is 21.7 Å². The van der Waals surface area contributed by atoms with Gasteiger partial charge in [0.1, 0.15) is 5.82 Å². The van der Waals surface area contributed by atoms with E-state index in [1.165, 1.54) is 24.3 Å². The van der Waals surface area contributed by atoms with Crippen molar-refractivity contribution in [2.75, 3.05) is 31.1 Å². The zero-order valence-corrected chi connectivity index (χ0v) is 12.8. The van der Waals surface area contributed by atoms with Crippen molar-refractivity contribution >= 4 is 11.6 Å². The van der Waals surface area contributed by atoms with Gasteiger partial charge >= 0.3 is 0 Å². The number of carbonyl (C=O) groups is 1. The van der Waals surface area contributed by atoms with E-state index in [0.717, 1.165) is 30.2 Å². The van der Waals surface area contributed by atoms with Crippen LogP contribution in [0.4, 0.5) is 10.1 Å². The number of aromatic nitrogens is 2. The number of benzene rings is 1. The average Bonchev–Trinajstić information content (AvgIpc) is 2.86. The van der Waals surface area contributed by atoms with E-state index in [-0.39, 0.29) is 11.7 Å². The molecule has 2 aromatic rings. The third-order valence-electron chi connectivity index (χ3n) is 4.06. The van der Waals surface area contributed by atoms with E-state index < -0.39 is 0 Å². The number of carbonyl (C=O) groups excluding carboxylic acids is 1. The van der Waals surface area contributed by atoms with Crippen molar-refractivity contribution in [3.63, 3.8) is 0 Å². The molecule has 0 unspecified atom stereocenters. The third-order valence-corrected chi connectivity index (χ3v) is 4.06. The van der Waals surface area contributed by atoms with Gasteiger partial charge in [0.05, 0.1) is 17.1 Å². The van der Waals surface area contributed by atoms with Crippen LogP contribution < -0.4 is 4.90 Å². The second-order valence-electron chi connectivity index (χ2n) is 5.57. The first kappa shape index (κ1) is 14.6. The Labute approximate surface area is 128 Å². The fraction of sp³-hybridized carbons (Fsp3) is 0.375. The minimum atomic E-state index is -0.327. The van der Waals surface area contributed by atoms with Crippen LogP contribution in [-0.4, -0.2) is 47.2 Å². The highest BCUT2D eigenvalue weighted by molar-refractivity contribution is 5.94. The Kier molecular flexibility index (Phi) is 3.83. The lowest BCUT2D eigenvalue weighted by Crippen LogP contribution is -2.49. The molecule has 0 saturated carbocycles. The fourth-order valence-corrected chi connectivity index (χ4v) is 2.92. The molecule has 3 rings (SSSR count). The summed E-state index contributed by atoms with van der Waals surface area (Å²) in [5.74, 6) is -0.368. The standard InChI is InChI=1S/C16H19FN4O/c1-11-15(12(2)19-18-11)20-7-9-21(10-8-20)16(22)13-3-5-14(17)6-4-13/h3-6H,7-10H2,1-2H3,(H,18,19). The highest BCUT2D eigenvalue weighted by Crippen LogP contribution is 2.23. The molecule has 5 nitrogen and oxygen atoms in total. The van der Waals surface area contributed by atoms with E-state index in [1.807, 2.05) is 18.7 Å². The van der Waals surface area contributed by atoms with Gasteiger partial charge in [-0.15, -0.1) is 0 Å². The van der Waals surface area contributed by atoms with Crippen LogP contribution in [0.5, 0.6) is 0 Å². The maximum absolute atomic E-state index is 12.9. The van der Waals surface area contributed by atoms with Crippen LogP contribution in [0, 0.1) is 19.7 Å². The summed E-state index contributed by atoms with van der Waals surface area (Å²) in [4.78, 5) is 16.5. The Hall–Kier alpha value is -2.37. The molecule has 0 bridgehead atoms. The minimum Gasteiger partial charge on any atom is -0.365 e. The molecule has 1 amide bonds. The summed E-state index contributed by atoms with van der Waals surface area (Å²) in [6.07, 6.45) is 0. The summed E-state index contributed by atoms with van der Waals surface area (Å²) < 4.78 is 12.9. The maximum Gasteiger partial charge on any atom is 0.253 e. The number of anilines is 1. The first-order valence-electron chi connectivity index (χ1n) is 7.37. The molecule has 1 aromatic heterocycles. The van der Waals surface area contributed by atoms with E-state index in [2.05, 4.69) is 15.1 Å². The Morgan fingerprint density at radius 3 is 2.32 bits per heavy atom. The normalized spacial score (nSPS) is 15.2. The number of H-pyrrole nitrogens is 1. The minimum absolute atomic E-state index is 0.0414. The zero-order chi connectivity index (χ0) is 15.7. The Bertz CT molecular complexity index is 652. The SMILES string of the molecule is Cc1n[nH]c(C)c1N1CCN(C(=O)c2ccc(F)cc2)CC1. The predicted octanol–water partition coefficient (Wildman–Crippen LogP) is 2.13. The molecule has 1 fully saturated rings.